The Morgan fingerprint density at radius 3 is 1.96 bits per heavy atom. The second kappa shape index (κ2) is 19.1. The van der Waals surface area contributed by atoms with Crippen molar-refractivity contribution in [1.29, 1.82) is 0 Å². The van der Waals surface area contributed by atoms with Crippen LogP contribution in [0.15, 0.2) is 115 Å². The van der Waals surface area contributed by atoms with Gasteiger partial charge in [0.2, 0.25) is 0 Å². The van der Waals surface area contributed by atoms with Crippen LogP contribution in [0.1, 0.15) is 60.2 Å². The molecule has 0 spiro atoms. The maximum atomic E-state index is 14.0. The molecule has 1 atom stereocenters. The first-order chi connectivity index (χ1) is 23.5. The third-order valence-electron chi connectivity index (χ3n) is 8.31. The fourth-order valence-corrected chi connectivity index (χ4v) is 5.99. The van der Waals surface area contributed by atoms with Gasteiger partial charge >= 0.3 is 0 Å². The summed E-state index contributed by atoms with van der Waals surface area (Å²) in [5, 5.41) is 11.0. The first-order valence-electron chi connectivity index (χ1n) is 16.9. The van der Waals surface area contributed by atoms with Gasteiger partial charge < -0.3 is 15.3 Å². The molecule has 0 aliphatic carbocycles. The highest BCUT2D eigenvalue weighted by molar-refractivity contribution is 6.09. The summed E-state index contributed by atoms with van der Waals surface area (Å²) in [6, 6.07) is 39.2. The highest BCUT2D eigenvalue weighted by Gasteiger charge is 2.26. The number of rotatable bonds is 9. The molecule has 0 saturated carbocycles. The predicted molar refractivity (Wildman–Crippen MR) is 196 cm³/mol. The lowest BCUT2D eigenvalue weighted by Crippen LogP contribution is -2.47. The number of nitrogens with one attached hydrogen (secondary N) is 1. The molecule has 0 radical (unpaired) electrons. The Balaban J connectivity index is 0.000000808. The van der Waals surface area contributed by atoms with Crippen molar-refractivity contribution < 1.29 is 14.7 Å². The molecule has 4 aromatic carbocycles. The number of hydrogen-bond acceptors (Lipinski definition) is 5. The lowest BCUT2D eigenvalue weighted by Gasteiger charge is -2.36. The zero-order valence-corrected chi connectivity index (χ0v) is 28.4. The lowest BCUT2D eigenvalue weighted by molar-refractivity contribution is -0.122. The number of nitrogens with zero attached hydrogens (tertiary/aromatic N) is 3. The Hall–Kier alpha value is -4.85. The number of aromatic nitrogens is 1. The molecule has 7 heteroatoms. The quantitative estimate of drug-likeness (QED) is 0.159. The van der Waals surface area contributed by atoms with Crippen LogP contribution in [0.4, 0.5) is 0 Å². The van der Waals surface area contributed by atoms with E-state index in [1.807, 2.05) is 72.8 Å². The van der Waals surface area contributed by atoms with Crippen molar-refractivity contribution in [3.8, 4) is 11.3 Å². The summed E-state index contributed by atoms with van der Waals surface area (Å²) in [4.78, 5) is 32.6. The highest BCUT2D eigenvalue weighted by atomic mass is 16.3. The maximum Gasteiger partial charge on any atom is 0.290 e. The number of carboxylic acid groups (broad SMARTS) is 1. The van der Waals surface area contributed by atoms with Crippen molar-refractivity contribution in [2.45, 2.75) is 46.2 Å². The molecule has 1 saturated heterocycles. The van der Waals surface area contributed by atoms with Crippen LogP contribution in [0, 0.1) is 0 Å². The topological polar surface area (TPSA) is 85.8 Å². The number of piperazine rings is 1. The van der Waals surface area contributed by atoms with E-state index in [1.54, 1.807) is 0 Å². The normalized spacial score (nSPS) is 13.7. The van der Waals surface area contributed by atoms with Gasteiger partial charge in [0.05, 0.1) is 16.8 Å². The number of amides is 1. The van der Waals surface area contributed by atoms with E-state index in [0.29, 0.717) is 19.0 Å². The molecule has 5 aromatic rings. The molecular formula is C41H48N4O3. The van der Waals surface area contributed by atoms with Crippen molar-refractivity contribution in [3.05, 3.63) is 138 Å². The van der Waals surface area contributed by atoms with E-state index >= 15 is 0 Å². The van der Waals surface area contributed by atoms with Crippen LogP contribution in [-0.4, -0.2) is 65.0 Å². The molecule has 2 N–H and O–H groups in total. The Bertz CT molecular complexity index is 1690. The standard InChI is InChI=1S/C37H38N4O.C3H8.CH2O2/c1-28(30-15-7-3-8-16-30)26-40-21-23-41(24-22-40)27-33-35(37(42)38-25-29-13-5-2-6-14-29)32-19-11-12-20-34(32)39-36(33)31-17-9-4-10-18-31;1-3-2;2-1-3/h2-20,28H,21-27H2,1H3,(H,38,42);3H2,1-2H3;1H,(H,2,3). The number of fused-ring (bicyclic) bond motifs is 1. The van der Waals surface area contributed by atoms with E-state index in [0.717, 1.165) is 71.6 Å². The van der Waals surface area contributed by atoms with E-state index in [2.05, 4.69) is 78.4 Å². The van der Waals surface area contributed by atoms with Crippen molar-refractivity contribution in [3.63, 3.8) is 0 Å². The minimum absolute atomic E-state index is 0.0556. The molecule has 1 fully saturated rings. The molecule has 1 aliphatic rings. The van der Waals surface area contributed by atoms with Crippen molar-refractivity contribution in [2.75, 3.05) is 32.7 Å². The number of para-hydroxylation sites is 1. The largest absolute Gasteiger partial charge is 0.483 e. The number of hydrogen-bond donors (Lipinski definition) is 2. The van der Waals surface area contributed by atoms with Crippen LogP contribution in [0.2, 0.25) is 0 Å². The molecule has 250 valence electrons. The summed E-state index contributed by atoms with van der Waals surface area (Å²) >= 11 is 0. The van der Waals surface area contributed by atoms with Crippen molar-refractivity contribution in [2.24, 2.45) is 0 Å². The molecule has 7 nitrogen and oxygen atoms in total. The molecule has 0 bridgehead atoms. The minimum atomic E-state index is -0.250. The third kappa shape index (κ3) is 10.1. The zero-order chi connectivity index (χ0) is 34.1. The minimum Gasteiger partial charge on any atom is -0.483 e. The monoisotopic (exact) mass is 644 g/mol. The summed E-state index contributed by atoms with van der Waals surface area (Å²) < 4.78 is 0. The van der Waals surface area contributed by atoms with E-state index in [1.165, 1.54) is 12.0 Å². The summed E-state index contributed by atoms with van der Waals surface area (Å²) in [6.45, 7) is 12.4. The summed E-state index contributed by atoms with van der Waals surface area (Å²) in [5.41, 5.74) is 6.96. The van der Waals surface area contributed by atoms with Gasteiger partial charge in [-0.1, -0.05) is 136 Å². The number of carbonyl (C=O) groups is 2. The van der Waals surface area contributed by atoms with Gasteiger partial charge in [0.15, 0.2) is 0 Å². The fraction of sp³-hybridized carbons (Fsp3) is 0.293. The second-order valence-electron chi connectivity index (χ2n) is 12.1. The average molecular weight is 645 g/mol. The Morgan fingerprint density at radius 1 is 0.812 bits per heavy atom. The SMILES string of the molecule is CC(CN1CCN(Cc2c(-c3ccccc3)nc3ccccc3c2C(=O)NCc2ccccc2)CC1)c1ccccc1.CCC.O=CO. The van der Waals surface area contributed by atoms with E-state index in [9.17, 15) is 4.79 Å². The van der Waals surface area contributed by atoms with Crippen LogP contribution in [0.5, 0.6) is 0 Å². The summed E-state index contributed by atoms with van der Waals surface area (Å²) in [7, 11) is 0. The maximum absolute atomic E-state index is 14.0. The first kappa shape index (κ1) is 36.0. The van der Waals surface area contributed by atoms with Gasteiger partial charge in [-0.2, -0.15) is 0 Å². The van der Waals surface area contributed by atoms with Gasteiger partial charge in [0.1, 0.15) is 0 Å². The third-order valence-corrected chi connectivity index (χ3v) is 8.31. The summed E-state index contributed by atoms with van der Waals surface area (Å²) in [6.07, 6.45) is 1.25. The number of benzene rings is 4. The second-order valence-corrected chi connectivity index (χ2v) is 12.1. The predicted octanol–water partition coefficient (Wildman–Crippen LogP) is 7.87. The molecular weight excluding hydrogens is 596 g/mol. The van der Waals surface area contributed by atoms with E-state index < -0.39 is 0 Å². The van der Waals surface area contributed by atoms with Crippen LogP contribution in [0.3, 0.4) is 0 Å². The smallest absolute Gasteiger partial charge is 0.290 e. The van der Waals surface area contributed by atoms with Crippen molar-refractivity contribution >= 4 is 23.3 Å². The van der Waals surface area contributed by atoms with E-state index in [4.69, 9.17) is 14.9 Å². The summed E-state index contributed by atoms with van der Waals surface area (Å²) in [5.74, 6) is 0.437. The van der Waals surface area contributed by atoms with Gasteiger partial charge in [-0.3, -0.25) is 14.5 Å². The van der Waals surface area contributed by atoms with Gasteiger partial charge in [-0.05, 0) is 23.1 Å². The van der Waals surface area contributed by atoms with Gasteiger partial charge in [0, 0.05) is 62.3 Å². The van der Waals surface area contributed by atoms with E-state index in [-0.39, 0.29) is 12.4 Å². The molecule has 1 aliphatic heterocycles. The van der Waals surface area contributed by atoms with Gasteiger partial charge in [0.25, 0.3) is 12.4 Å². The lowest BCUT2D eigenvalue weighted by atomic mass is 9.95. The Morgan fingerprint density at radius 2 is 1.33 bits per heavy atom. The molecule has 6 rings (SSSR count). The van der Waals surface area contributed by atoms with Crippen LogP contribution >= 0.6 is 0 Å². The molecule has 1 amide bonds. The van der Waals surface area contributed by atoms with Gasteiger partial charge in [-0.15, -0.1) is 0 Å². The van der Waals surface area contributed by atoms with Crippen LogP contribution in [0.25, 0.3) is 22.2 Å². The Kier molecular flexibility index (Phi) is 14.3. The van der Waals surface area contributed by atoms with Crippen LogP contribution in [-0.2, 0) is 17.9 Å². The molecule has 48 heavy (non-hydrogen) atoms. The fourth-order valence-electron chi connectivity index (χ4n) is 5.99. The zero-order valence-electron chi connectivity index (χ0n) is 28.4. The number of pyridine rings is 1. The average Bonchev–Trinajstić information content (AvgIpc) is 3.13. The van der Waals surface area contributed by atoms with Crippen molar-refractivity contribution in [1.82, 2.24) is 20.1 Å². The van der Waals surface area contributed by atoms with Crippen LogP contribution < -0.4 is 5.32 Å². The first-order valence-corrected chi connectivity index (χ1v) is 16.9. The highest BCUT2D eigenvalue weighted by Crippen LogP contribution is 2.32. The molecule has 2 heterocycles. The number of carbonyl (C=O) groups excluding carboxylic acids is 1. The van der Waals surface area contributed by atoms with Gasteiger partial charge in [-0.25, -0.2) is 4.98 Å². The molecule has 1 aromatic heterocycles. The Labute approximate surface area is 285 Å². The molecule has 1 unspecified atom stereocenters.